The van der Waals surface area contributed by atoms with Gasteiger partial charge in [-0.25, -0.2) is 8.42 Å². The number of hydrogen-bond donors (Lipinski definition) is 0. The van der Waals surface area contributed by atoms with Crippen molar-refractivity contribution < 1.29 is 18.0 Å². The van der Waals surface area contributed by atoms with E-state index in [0.29, 0.717) is 43.3 Å². The second-order valence-corrected chi connectivity index (χ2v) is 11.0. The first kappa shape index (κ1) is 22.6. The van der Waals surface area contributed by atoms with Gasteiger partial charge in [0, 0.05) is 55.3 Å². The number of benzene rings is 2. The van der Waals surface area contributed by atoms with Crippen LogP contribution in [0.5, 0.6) is 0 Å². The van der Waals surface area contributed by atoms with Crippen LogP contribution in [0.25, 0.3) is 0 Å². The standard InChI is InChI=1S/C23H26ClN3O4S/c1-32(30,31)15-10-21(27-16-17-4-2-3-5-20(17)22(27)28)23(29)26-13-11-25(12-14-26)19-8-6-18(24)7-9-19/h2-9,21H,10-16H2,1H3. The highest BCUT2D eigenvalue weighted by atomic mass is 35.5. The summed E-state index contributed by atoms with van der Waals surface area (Å²) < 4.78 is 23.7. The summed E-state index contributed by atoms with van der Waals surface area (Å²) in [6, 6.07) is 14.1. The van der Waals surface area contributed by atoms with Gasteiger partial charge in [0.15, 0.2) is 0 Å². The molecule has 0 N–H and O–H groups in total. The molecule has 0 saturated carbocycles. The van der Waals surface area contributed by atoms with Crippen LogP contribution in [0, 0.1) is 0 Å². The Morgan fingerprint density at radius 2 is 1.69 bits per heavy atom. The molecular weight excluding hydrogens is 450 g/mol. The molecule has 0 spiro atoms. The Hall–Kier alpha value is -2.58. The lowest BCUT2D eigenvalue weighted by Crippen LogP contribution is -2.55. The fourth-order valence-electron chi connectivity index (χ4n) is 4.31. The second-order valence-electron chi connectivity index (χ2n) is 8.31. The van der Waals surface area contributed by atoms with Crippen LogP contribution in [-0.2, 0) is 21.2 Å². The van der Waals surface area contributed by atoms with Crippen molar-refractivity contribution in [1.82, 2.24) is 9.80 Å². The number of carbonyl (C=O) groups excluding carboxylic acids is 2. The minimum atomic E-state index is -3.27. The number of rotatable bonds is 6. The summed E-state index contributed by atoms with van der Waals surface area (Å²) in [6.07, 6.45) is 1.24. The van der Waals surface area contributed by atoms with Gasteiger partial charge < -0.3 is 14.7 Å². The first-order valence-corrected chi connectivity index (χ1v) is 13.0. The maximum atomic E-state index is 13.5. The zero-order chi connectivity index (χ0) is 22.9. The van der Waals surface area contributed by atoms with E-state index in [1.807, 2.05) is 36.4 Å². The maximum Gasteiger partial charge on any atom is 0.255 e. The first-order valence-electron chi connectivity index (χ1n) is 10.6. The average Bonchev–Trinajstić information content (AvgIpc) is 3.10. The molecule has 2 aromatic carbocycles. The number of anilines is 1. The lowest BCUT2D eigenvalue weighted by molar-refractivity contribution is -0.136. The van der Waals surface area contributed by atoms with E-state index in [-0.39, 0.29) is 24.0 Å². The van der Waals surface area contributed by atoms with Crippen LogP contribution in [0.4, 0.5) is 5.69 Å². The summed E-state index contributed by atoms with van der Waals surface area (Å²) >= 11 is 5.97. The van der Waals surface area contributed by atoms with E-state index in [0.717, 1.165) is 17.5 Å². The van der Waals surface area contributed by atoms with Gasteiger partial charge in [-0.2, -0.15) is 0 Å². The molecule has 32 heavy (non-hydrogen) atoms. The molecule has 2 aliphatic heterocycles. The fourth-order valence-corrected chi connectivity index (χ4v) is 5.09. The largest absolute Gasteiger partial charge is 0.368 e. The predicted octanol–water partition coefficient (Wildman–Crippen LogP) is 2.45. The summed E-state index contributed by atoms with van der Waals surface area (Å²) in [7, 11) is -3.27. The zero-order valence-corrected chi connectivity index (χ0v) is 19.5. The molecule has 7 nitrogen and oxygen atoms in total. The summed E-state index contributed by atoms with van der Waals surface area (Å²) in [5.74, 6) is -0.549. The quantitative estimate of drug-likeness (QED) is 0.641. The Morgan fingerprint density at radius 3 is 2.31 bits per heavy atom. The van der Waals surface area contributed by atoms with Crippen molar-refractivity contribution in [2.24, 2.45) is 0 Å². The molecule has 2 heterocycles. The molecule has 9 heteroatoms. The van der Waals surface area contributed by atoms with Gasteiger partial charge in [-0.05, 0) is 42.3 Å². The van der Waals surface area contributed by atoms with Crippen molar-refractivity contribution in [2.45, 2.75) is 19.0 Å². The van der Waals surface area contributed by atoms with E-state index in [1.54, 1.807) is 17.0 Å². The fraction of sp³-hybridized carbons (Fsp3) is 0.391. The Bertz CT molecular complexity index is 1110. The van der Waals surface area contributed by atoms with Crippen molar-refractivity contribution >= 4 is 38.9 Å². The summed E-state index contributed by atoms with van der Waals surface area (Å²) in [4.78, 5) is 31.9. The number of sulfone groups is 1. The number of halogens is 1. The summed E-state index contributed by atoms with van der Waals surface area (Å²) in [6.45, 7) is 2.64. The van der Waals surface area contributed by atoms with Gasteiger partial charge in [0.25, 0.3) is 5.91 Å². The van der Waals surface area contributed by atoms with E-state index in [1.165, 1.54) is 4.90 Å². The number of fused-ring (bicyclic) bond motifs is 1. The van der Waals surface area contributed by atoms with Crippen LogP contribution >= 0.6 is 11.6 Å². The minimum Gasteiger partial charge on any atom is -0.368 e. The summed E-state index contributed by atoms with van der Waals surface area (Å²) in [5.41, 5.74) is 2.49. The molecule has 0 radical (unpaired) electrons. The maximum absolute atomic E-state index is 13.5. The molecule has 0 bridgehead atoms. The Balaban J connectivity index is 1.48. The van der Waals surface area contributed by atoms with Gasteiger partial charge >= 0.3 is 0 Å². The van der Waals surface area contributed by atoms with Crippen molar-refractivity contribution in [2.75, 3.05) is 43.1 Å². The lowest BCUT2D eigenvalue weighted by atomic mass is 10.1. The van der Waals surface area contributed by atoms with Crippen molar-refractivity contribution in [3.05, 3.63) is 64.7 Å². The van der Waals surface area contributed by atoms with E-state index >= 15 is 0 Å². The third kappa shape index (κ3) is 4.91. The van der Waals surface area contributed by atoms with Gasteiger partial charge in [0.05, 0.1) is 5.75 Å². The number of amides is 2. The van der Waals surface area contributed by atoms with Gasteiger partial charge in [0.2, 0.25) is 5.91 Å². The Kier molecular flexibility index (Phi) is 6.44. The molecule has 1 atom stereocenters. The number of carbonyl (C=O) groups is 2. The van der Waals surface area contributed by atoms with Gasteiger partial charge in [-0.1, -0.05) is 29.8 Å². The predicted molar refractivity (Wildman–Crippen MR) is 125 cm³/mol. The third-order valence-electron chi connectivity index (χ3n) is 6.06. The first-order chi connectivity index (χ1) is 15.2. The Morgan fingerprint density at radius 1 is 1.03 bits per heavy atom. The normalized spacial score (nSPS) is 17.4. The highest BCUT2D eigenvalue weighted by Gasteiger charge is 2.39. The van der Waals surface area contributed by atoms with Crippen LogP contribution in [0.3, 0.4) is 0 Å². The molecule has 2 aliphatic rings. The van der Waals surface area contributed by atoms with E-state index in [4.69, 9.17) is 11.6 Å². The smallest absolute Gasteiger partial charge is 0.255 e. The van der Waals surface area contributed by atoms with Gasteiger partial charge in [-0.3, -0.25) is 9.59 Å². The minimum absolute atomic E-state index is 0.0921. The molecule has 0 aliphatic carbocycles. The topological polar surface area (TPSA) is 78.0 Å². The Labute approximate surface area is 193 Å². The van der Waals surface area contributed by atoms with Crippen LogP contribution in [0.2, 0.25) is 5.02 Å². The molecule has 170 valence electrons. The number of hydrogen-bond acceptors (Lipinski definition) is 5. The van der Waals surface area contributed by atoms with Crippen LogP contribution in [-0.4, -0.2) is 74.3 Å². The molecule has 0 aromatic heterocycles. The second kappa shape index (κ2) is 9.11. The molecule has 1 saturated heterocycles. The van der Waals surface area contributed by atoms with Crippen LogP contribution < -0.4 is 4.90 Å². The molecular formula is C23H26ClN3O4S. The highest BCUT2D eigenvalue weighted by molar-refractivity contribution is 7.90. The zero-order valence-electron chi connectivity index (χ0n) is 17.9. The summed E-state index contributed by atoms with van der Waals surface area (Å²) in [5, 5.41) is 0.674. The number of nitrogens with zero attached hydrogens (tertiary/aromatic N) is 3. The molecule has 2 aromatic rings. The van der Waals surface area contributed by atoms with E-state index < -0.39 is 15.9 Å². The lowest BCUT2D eigenvalue weighted by Gasteiger charge is -2.39. The monoisotopic (exact) mass is 475 g/mol. The SMILES string of the molecule is CS(=O)(=O)CCC(C(=O)N1CCN(c2ccc(Cl)cc2)CC1)N1Cc2ccccc2C1=O. The molecule has 1 fully saturated rings. The molecule has 4 rings (SSSR count). The van der Waals surface area contributed by atoms with Gasteiger partial charge in [0.1, 0.15) is 15.9 Å². The van der Waals surface area contributed by atoms with Crippen molar-refractivity contribution in [1.29, 1.82) is 0 Å². The van der Waals surface area contributed by atoms with Crippen LogP contribution in [0.1, 0.15) is 22.3 Å². The molecule has 2 amide bonds. The van der Waals surface area contributed by atoms with Crippen molar-refractivity contribution in [3.63, 3.8) is 0 Å². The van der Waals surface area contributed by atoms with Crippen LogP contribution in [0.15, 0.2) is 48.5 Å². The van der Waals surface area contributed by atoms with Crippen molar-refractivity contribution in [3.8, 4) is 0 Å². The van der Waals surface area contributed by atoms with Gasteiger partial charge in [-0.15, -0.1) is 0 Å². The van der Waals surface area contributed by atoms with E-state index in [2.05, 4.69) is 4.90 Å². The van der Waals surface area contributed by atoms with E-state index in [9.17, 15) is 18.0 Å². The number of piperazine rings is 1. The average molecular weight is 476 g/mol. The third-order valence-corrected chi connectivity index (χ3v) is 7.29. The highest BCUT2D eigenvalue weighted by Crippen LogP contribution is 2.27. The molecule has 1 unspecified atom stereocenters.